The summed E-state index contributed by atoms with van der Waals surface area (Å²) < 4.78 is 1.19. The number of anilines is 2. The molecule has 0 aliphatic carbocycles. The number of carbonyl (C=O) groups is 2. The van der Waals surface area contributed by atoms with Crippen LogP contribution < -0.4 is 22.1 Å². The van der Waals surface area contributed by atoms with Gasteiger partial charge in [-0.05, 0) is 35.2 Å². The lowest BCUT2D eigenvalue weighted by atomic mass is 9.88. The Morgan fingerprint density at radius 2 is 1.94 bits per heavy atom. The van der Waals surface area contributed by atoms with Crippen LogP contribution in [0.2, 0.25) is 5.15 Å². The maximum absolute atomic E-state index is 12.9. The van der Waals surface area contributed by atoms with Crippen LogP contribution in [0.25, 0.3) is 10.1 Å². The molecule has 1 aromatic carbocycles. The lowest BCUT2D eigenvalue weighted by Crippen LogP contribution is -2.54. The molecule has 12 heteroatoms. The number of nitrogens with two attached hydrogens (primary N) is 2. The second-order valence-corrected chi connectivity index (χ2v) is 9.74. The van der Waals surface area contributed by atoms with Gasteiger partial charge in [-0.25, -0.2) is 9.97 Å². The number of hydrogen-bond donors (Lipinski definition) is 4. The third-order valence-corrected chi connectivity index (χ3v) is 7.57. The Kier molecular flexibility index (Phi) is 5.74. The second kappa shape index (κ2) is 8.73. The molecule has 2 saturated heterocycles. The van der Waals surface area contributed by atoms with Crippen molar-refractivity contribution in [1.29, 1.82) is 0 Å². The Hall–Kier alpha value is -3.44. The predicted octanol–water partition coefficient (Wildman–Crippen LogP) is 1.80. The lowest BCUT2D eigenvalue weighted by Gasteiger charge is -2.38. The van der Waals surface area contributed by atoms with Gasteiger partial charge >= 0.3 is 5.91 Å². The Morgan fingerprint density at radius 3 is 2.74 bits per heavy atom. The number of rotatable bonds is 3. The molecule has 2 fully saturated rings. The number of nitrogens with one attached hydrogen (secondary N) is 2. The number of halogens is 1. The summed E-state index contributed by atoms with van der Waals surface area (Å²) in [7, 11) is 0. The molecule has 0 bridgehead atoms. The Balaban J connectivity index is 1.20. The summed E-state index contributed by atoms with van der Waals surface area (Å²) >= 11 is 7.52. The van der Waals surface area contributed by atoms with E-state index in [2.05, 4.69) is 43.1 Å². The number of nitrogens with zero attached hydrogens (tertiary/aromatic N) is 4. The number of aromatic nitrogens is 2. The van der Waals surface area contributed by atoms with Crippen LogP contribution >= 0.6 is 22.9 Å². The van der Waals surface area contributed by atoms with Gasteiger partial charge in [0.1, 0.15) is 0 Å². The van der Waals surface area contributed by atoms with E-state index in [9.17, 15) is 9.59 Å². The van der Waals surface area contributed by atoms with E-state index in [4.69, 9.17) is 23.1 Å². The first-order valence-electron chi connectivity index (χ1n) is 10.8. The Labute approximate surface area is 204 Å². The molecule has 0 atom stereocenters. The average molecular weight is 499 g/mol. The SMILES string of the molecule is Nc1nc(N)c(C(=O)/N=C2\NCC3(CCN(C(=O)Cc4csc5ccccc45)CC3)N2)nc1Cl. The predicted molar refractivity (Wildman–Crippen MR) is 133 cm³/mol. The lowest BCUT2D eigenvalue weighted by molar-refractivity contribution is -0.132. The number of hydrogen-bond acceptors (Lipinski definition) is 7. The first-order chi connectivity index (χ1) is 16.3. The maximum atomic E-state index is 12.9. The number of thiophene rings is 1. The van der Waals surface area contributed by atoms with E-state index < -0.39 is 5.91 Å². The van der Waals surface area contributed by atoms with Gasteiger partial charge in [0.25, 0.3) is 0 Å². The summed E-state index contributed by atoms with van der Waals surface area (Å²) in [6, 6.07) is 8.14. The second-order valence-electron chi connectivity index (χ2n) is 8.47. The summed E-state index contributed by atoms with van der Waals surface area (Å²) in [4.78, 5) is 39.2. The van der Waals surface area contributed by atoms with Gasteiger partial charge in [-0.1, -0.05) is 29.8 Å². The van der Waals surface area contributed by atoms with E-state index in [0.717, 1.165) is 23.8 Å². The van der Waals surface area contributed by atoms with E-state index in [1.807, 2.05) is 17.0 Å². The fourth-order valence-corrected chi connectivity index (χ4v) is 5.43. The van der Waals surface area contributed by atoms with E-state index in [1.54, 1.807) is 11.3 Å². The Bertz CT molecular complexity index is 1320. The van der Waals surface area contributed by atoms with Crippen molar-refractivity contribution < 1.29 is 9.59 Å². The van der Waals surface area contributed by atoms with Gasteiger partial charge in [-0.3, -0.25) is 9.59 Å². The van der Waals surface area contributed by atoms with E-state index in [0.29, 0.717) is 32.0 Å². The number of likely N-dealkylation sites (tertiary alicyclic amines) is 1. The molecule has 0 saturated carbocycles. The molecule has 4 heterocycles. The smallest absolute Gasteiger partial charge is 0.302 e. The standard InChI is InChI=1S/C22H23ClN8O2S/c23-17-19(25)28-18(24)16(27-17)20(33)29-21-26-11-22(30-21)5-7-31(8-6-22)15(32)9-12-10-34-14-4-2-1-3-13(12)14/h1-4,10H,5-9,11H2,(H4,24,25,28)(H2,26,29,30,33). The molecule has 5 rings (SSSR count). The van der Waals surface area contributed by atoms with Crippen molar-refractivity contribution in [2.24, 2.45) is 4.99 Å². The van der Waals surface area contributed by atoms with Crippen LogP contribution in [0.5, 0.6) is 0 Å². The zero-order valence-electron chi connectivity index (χ0n) is 18.2. The van der Waals surface area contributed by atoms with Crippen LogP contribution in [0.15, 0.2) is 34.6 Å². The fraction of sp³-hybridized carbons (Fsp3) is 0.318. The van der Waals surface area contributed by atoms with Gasteiger partial charge in [-0.2, -0.15) is 4.99 Å². The maximum Gasteiger partial charge on any atom is 0.302 e. The van der Waals surface area contributed by atoms with Crippen LogP contribution in [0.4, 0.5) is 11.6 Å². The molecule has 0 unspecified atom stereocenters. The molecule has 34 heavy (non-hydrogen) atoms. The van der Waals surface area contributed by atoms with Crippen molar-refractivity contribution in [2.45, 2.75) is 24.8 Å². The highest BCUT2D eigenvalue weighted by Gasteiger charge is 2.40. The Morgan fingerprint density at radius 1 is 1.18 bits per heavy atom. The van der Waals surface area contributed by atoms with Crippen molar-refractivity contribution in [2.75, 3.05) is 31.1 Å². The molecule has 2 aliphatic heterocycles. The van der Waals surface area contributed by atoms with Crippen molar-refractivity contribution in [3.8, 4) is 0 Å². The quantitative estimate of drug-likeness (QED) is 0.426. The van der Waals surface area contributed by atoms with Gasteiger partial charge in [0.2, 0.25) is 5.91 Å². The normalized spacial score (nSPS) is 18.3. The van der Waals surface area contributed by atoms with E-state index >= 15 is 0 Å². The molecule has 10 nitrogen and oxygen atoms in total. The molecule has 2 aliphatic rings. The molecule has 176 valence electrons. The fourth-order valence-electron chi connectivity index (χ4n) is 4.34. The van der Waals surface area contributed by atoms with Crippen LogP contribution in [-0.2, 0) is 11.2 Å². The molecular formula is C22H23ClN8O2S. The zero-order chi connectivity index (χ0) is 23.9. The number of carbonyl (C=O) groups excluding carboxylic acids is 2. The number of guanidine groups is 1. The molecule has 6 N–H and O–H groups in total. The summed E-state index contributed by atoms with van der Waals surface area (Å²) in [5.41, 5.74) is 11.9. The summed E-state index contributed by atoms with van der Waals surface area (Å²) in [5, 5.41) is 9.57. The minimum atomic E-state index is -0.672. The van der Waals surface area contributed by atoms with Crippen molar-refractivity contribution in [3.63, 3.8) is 0 Å². The van der Waals surface area contributed by atoms with Crippen LogP contribution in [0, 0.1) is 0 Å². The third-order valence-electron chi connectivity index (χ3n) is 6.27. The minimum absolute atomic E-state index is 0.0482. The monoisotopic (exact) mass is 498 g/mol. The molecule has 3 aromatic rings. The molecular weight excluding hydrogens is 476 g/mol. The number of fused-ring (bicyclic) bond motifs is 1. The van der Waals surface area contributed by atoms with Gasteiger partial charge in [0.15, 0.2) is 28.4 Å². The molecule has 0 radical (unpaired) electrons. The van der Waals surface area contributed by atoms with Gasteiger partial charge in [0, 0.05) is 24.3 Å². The van der Waals surface area contributed by atoms with Gasteiger partial charge < -0.3 is 27.0 Å². The number of nitrogen functional groups attached to an aromatic ring is 2. The van der Waals surface area contributed by atoms with Crippen molar-refractivity contribution >= 4 is 62.4 Å². The third kappa shape index (κ3) is 4.24. The zero-order valence-corrected chi connectivity index (χ0v) is 19.7. The van der Waals surface area contributed by atoms with E-state index in [1.165, 1.54) is 4.70 Å². The number of piperidine rings is 1. The van der Waals surface area contributed by atoms with Crippen LogP contribution in [0.3, 0.4) is 0 Å². The van der Waals surface area contributed by atoms with Crippen molar-refractivity contribution in [3.05, 3.63) is 46.1 Å². The number of amides is 2. The summed E-state index contributed by atoms with van der Waals surface area (Å²) in [5.74, 6) is -0.386. The highest BCUT2D eigenvalue weighted by molar-refractivity contribution is 7.17. The topological polar surface area (TPSA) is 152 Å². The minimum Gasteiger partial charge on any atom is -0.382 e. The van der Waals surface area contributed by atoms with Crippen LogP contribution in [0.1, 0.15) is 28.9 Å². The van der Waals surface area contributed by atoms with E-state index in [-0.39, 0.29) is 33.9 Å². The average Bonchev–Trinajstić information content (AvgIpc) is 3.41. The first-order valence-corrected chi connectivity index (χ1v) is 12.1. The largest absolute Gasteiger partial charge is 0.382 e. The van der Waals surface area contributed by atoms with Gasteiger partial charge in [0.05, 0.1) is 12.0 Å². The highest BCUT2D eigenvalue weighted by atomic mass is 35.5. The summed E-state index contributed by atoms with van der Waals surface area (Å²) in [6.45, 7) is 1.85. The molecule has 1 spiro atoms. The molecule has 2 amide bonds. The number of benzene rings is 1. The summed E-state index contributed by atoms with van der Waals surface area (Å²) in [6.07, 6.45) is 1.87. The number of aliphatic imine (C=N–C) groups is 1. The van der Waals surface area contributed by atoms with Crippen molar-refractivity contribution in [1.82, 2.24) is 25.5 Å². The van der Waals surface area contributed by atoms with Gasteiger partial charge in [-0.15, -0.1) is 11.3 Å². The molecule has 2 aromatic heterocycles. The first kappa shape index (κ1) is 22.4. The van der Waals surface area contributed by atoms with Crippen LogP contribution in [-0.4, -0.2) is 57.8 Å². The highest BCUT2D eigenvalue weighted by Crippen LogP contribution is 2.28.